The molecule has 78 valence electrons. The van der Waals surface area contributed by atoms with Crippen LogP contribution < -0.4 is 0 Å². The van der Waals surface area contributed by atoms with Gasteiger partial charge in [-0.05, 0) is 19.1 Å². The normalized spacial score (nSPS) is 8.64. The number of phenols is 1. The van der Waals surface area contributed by atoms with E-state index in [2.05, 4.69) is 4.74 Å². The average molecular weight is 198 g/mol. The lowest BCUT2D eigenvalue weighted by molar-refractivity contribution is -0.142. The third-order valence-corrected chi connectivity index (χ3v) is 1.19. The molecule has 0 aliphatic rings. The molecule has 0 radical (unpaired) electrons. The van der Waals surface area contributed by atoms with E-state index in [4.69, 9.17) is 10.2 Å². The van der Waals surface area contributed by atoms with Gasteiger partial charge in [0.15, 0.2) is 0 Å². The van der Waals surface area contributed by atoms with Crippen LogP contribution in [-0.2, 0) is 9.53 Å². The first-order valence-corrected chi connectivity index (χ1v) is 4.20. The minimum atomic E-state index is -0.915. The number of aromatic hydroxyl groups is 1. The van der Waals surface area contributed by atoms with Crippen molar-refractivity contribution in [3.05, 3.63) is 30.3 Å². The Balaban J connectivity index is 0.000000241. The molecule has 4 nitrogen and oxygen atoms in total. The van der Waals surface area contributed by atoms with Crippen LogP contribution in [0.15, 0.2) is 30.3 Å². The maximum atomic E-state index is 9.63. The Labute approximate surface area is 82.8 Å². The fraction of sp³-hybridized carbons (Fsp3) is 0.300. The predicted octanol–water partition coefficient (Wildman–Crippen LogP) is 1.50. The third-order valence-electron chi connectivity index (χ3n) is 1.19. The van der Waals surface area contributed by atoms with Gasteiger partial charge in [0, 0.05) is 6.61 Å². The Kier molecular flexibility index (Phi) is 7.17. The summed E-state index contributed by atoms with van der Waals surface area (Å²) in [4.78, 5) is 9.63. The minimum absolute atomic E-state index is 0.184. The van der Waals surface area contributed by atoms with E-state index in [0.717, 1.165) is 0 Å². The van der Waals surface area contributed by atoms with Crippen LogP contribution in [0.25, 0.3) is 0 Å². The topological polar surface area (TPSA) is 66.8 Å². The molecule has 1 aromatic rings. The molecule has 0 aliphatic carbocycles. The molecule has 0 aliphatic heterocycles. The summed E-state index contributed by atoms with van der Waals surface area (Å²) < 4.78 is 4.50. The fourth-order valence-electron chi connectivity index (χ4n) is 0.617. The number of carboxylic acid groups (broad SMARTS) is 1. The summed E-state index contributed by atoms with van der Waals surface area (Å²) in [5.74, 6) is -0.593. The highest BCUT2D eigenvalue weighted by atomic mass is 16.5. The fourth-order valence-corrected chi connectivity index (χ4v) is 0.617. The zero-order valence-electron chi connectivity index (χ0n) is 8.01. The van der Waals surface area contributed by atoms with Crippen molar-refractivity contribution in [2.45, 2.75) is 6.92 Å². The number of hydrogen-bond acceptors (Lipinski definition) is 3. The van der Waals surface area contributed by atoms with Crippen molar-refractivity contribution in [1.29, 1.82) is 0 Å². The van der Waals surface area contributed by atoms with Crippen molar-refractivity contribution in [1.82, 2.24) is 0 Å². The smallest absolute Gasteiger partial charge is 0.329 e. The summed E-state index contributed by atoms with van der Waals surface area (Å²) in [5.41, 5.74) is 0. The second kappa shape index (κ2) is 8.07. The first-order valence-electron chi connectivity index (χ1n) is 4.20. The number of ether oxygens (including phenoxy) is 1. The second-order valence-corrected chi connectivity index (χ2v) is 2.37. The summed E-state index contributed by atoms with van der Waals surface area (Å²) in [5, 5.41) is 16.6. The first-order chi connectivity index (χ1) is 6.66. The van der Waals surface area contributed by atoms with Crippen LogP contribution in [0.4, 0.5) is 0 Å². The molecular formula is C10H14O4. The predicted molar refractivity (Wildman–Crippen MR) is 52.2 cm³/mol. The zero-order valence-corrected chi connectivity index (χ0v) is 8.01. The molecular weight excluding hydrogens is 184 g/mol. The average Bonchev–Trinajstić information content (AvgIpc) is 2.17. The van der Waals surface area contributed by atoms with Crippen molar-refractivity contribution in [2.75, 3.05) is 13.2 Å². The number of phenolic OH excluding ortho intramolecular Hbond substituents is 1. The van der Waals surface area contributed by atoms with Crippen molar-refractivity contribution < 1.29 is 19.7 Å². The maximum Gasteiger partial charge on any atom is 0.329 e. The standard InChI is InChI=1S/C6H6O.C4H8O3/c7-6-4-2-1-3-5-6;1-2-7-3-4(5)6/h1-5,7H;2-3H2,1H3,(H,5,6). The number of para-hydroxylation sites is 1. The molecule has 2 N–H and O–H groups in total. The molecule has 0 aromatic heterocycles. The van der Waals surface area contributed by atoms with Crippen molar-refractivity contribution in [2.24, 2.45) is 0 Å². The van der Waals surface area contributed by atoms with E-state index in [1.165, 1.54) is 0 Å². The summed E-state index contributed by atoms with van der Waals surface area (Å²) in [6, 6.07) is 8.71. The Hall–Kier alpha value is -1.55. The first kappa shape index (κ1) is 12.4. The van der Waals surface area contributed by atoms with Gasteiger partial charge >= 0.3 is 5.97 Å². The van der Waals surface area contributed by atoms with E-state index in [9.17, 15) is 4.79 Å². The minimum Gasteiger partial charge on any atom is -0.508 e. The van der Waals surface area contributed by atoms with Crippen LogP contribution in [0, 0.1) is 0 Å². The molecule has 0 amide bonds. The molecule has 0 unspecified atom stereocenters. The summed E-state index contributed by atoms with van der Waals surface area (Å²) in [7, 11) is 0. The molecule has 0 spiro atoms. The molecule has 1 aromatic carbocycles. The Morgan fingerprint density at radius 3 is 2.14 bits per heavy atom. The highest BCUT2D eigenvalue weighted by Gasteiger charge is 1.90. The molecule has 1 rings (SSSR count). The Morgan fingerprint density at radius 2 is 1.93 bits per heavy atom. The largest absolute Gasteiger partial charge is 0.508 e. The van der Waals surface area contributed by atoms with Crippen LogP contribution in [0.5, 0.6) is 5.75 Å². The number of rotatable bonds is 3. The van der Waals surface area contributed by atoms with E-state index in [0.29, 0.717) is 12.4 Å². The Morgan fingerprint density at radius 1 is 1.36 bits per heavy atom. The number of carbonyl (C=O) groups is 1. The van der Waals surface area contributed by atoms with E-state index < -0.39 is 5.97 Å². The van der Waals surface area contributed by atoms with Gasteiger partial charge in [-0.3, -0.25) is 0 Å². The monoisotopic (exact) mass is 198 g/mol. The number of benzene rings is 1. The van der Waals surface area contributed by atoms with E-state index in [1.54, 1.807) is 31.2 Å². The number of carboxylic acids is 1. The number of aliphatic carboxylic acids is 1. The van der Waals surface area contributed by atoms with Gasteiger partial charge in [-0.2, -0.15) is 0 Å². The van der Waals surface area contributed by atoms with Crippen molar-refractivity contribution >= 4 is 5.97 Å². The van der Waals surface area contributed by atoms with E-state index in [-0.39, 0.29) is 6.61 Å². The molecule has 4 heteroatoms. The van der Waals surface area contributed by atoms with E-state index >= 15 is 0 Å². The summed E-state index contributed by atoms with van der Waals surface area (Å²) in [6.45, 7) is 2.03. The zero-order chi connectivity index (χ0) is 10.8. The SMILES string of the molecule is CCOCC(=O)O.Oc1ccccc1. The van der Waals surface area contributed by atoms with Gasteiger partial charge in [-0.1, -0.05) is 18.2 Å². The highest BCUT2D eigenvalue weighted by molar-refractivity contribution is 5.67. The van der Waals surface area contributed by atoms with Gasteiger partial charge in [0.1, 0.15) is 12.4 Å². The maximum absolute atomic E-state index is 9.63. The Bertz CT molecular complexity index is 246. The van der Waals surface area contributed by atoms with Gasteiger partial charge in [0.25, 0.3) is 0 Å². The third kappa shape index (κ3) is 8.55. The summed E-state index contributed by atoms with van der Waals surface area (Å²) in [6.07, 6.45) is 0. The molecule has 0 saturated carbocycles. The van der Waals surface area contributed by atoms with Crippen LogP contribution in [0.1, 0.15) is 6.92 Å². The molecule has 0 saturated heterocycles. The molecule has 14 heavy (non-hydrogen) atoms. The van der Waals surface area contributed by atoms with Gasteiger partial charge in [-0.25, -0.2) is 4.79 Å². The quantitative estimate of drug-likeness (QED) is 0.772. The van der Waals surface area contributed by atoms with Crippen molar-refractivity contribution in [3.63, 3.8) is 0 Å². The highest BCUT2D eigenvalue weighted by Crippen LogP contribution is 2.02. The second-order valence-electron chi connectivity index (χ2n) is 2.37. The molecule has 0 fully saturated rings. The van der Waals surface area contributed by atoms with Crippen LogP contribution >= 0.6 is 0 Å². The van der Waals surface area contributed by atoms with Crippen LogP contribution in [0.3, 0.4) is 0 Å². The molecule has 0 atom stereocenters. The molecule has 0 heterocycles. The lowest BCUT2D eigenvalue weighted by atomic mass is 10.3. The van der Waals surface area contributed by atoms with E-state index in [1.807, 2.05) is 6.07 Å². The van der Waals surface area contributed by atoms with Crippen molar-refractivity contribution in [3.8, 4) is 5.75 Å². The van der Waals surface area contributed by atoms with Gasteiger partial charge in [0.2, 0.25) is 0 Å². The molecule has 0 bridgehead atoms. The summed E-state index contributed by atoms with van der Waals surface area (Å²) >= 11 is 0. The van der Waals surface area contributed by atoms with Crippen LogP contribution in [0.2, 0.25) is 0 Å². The van der Waals surface area contributed by atoms with Gasteiger partial charge in [-0.15, -0.1) is 0 Å². The van der Waals surface area contributed by atoms with Gasteiger partial charge in [0.05, 0.1) is 0 Å². The lowest BCUT2D eigenvalue weighted by Crippen LogP contribution is -2.05. The van der Waals surface area contributed by atoms with Gasteiger partial charge < -0.3 is 14.9 Å². The van der Waals surface area contributed by atoms with Crippen LogP contribution in [-0.4, -0.2) is 29.4 Å². The number of hydrogen-bond donors (Lipinski definition) is 2. The lowest BCUT2D eigenvalue weighted by Gasteiger charge is -1.90.